The lowest BCUT2D eigenvalue weighted by atomic mass is 10.3. The van der Waals surface area contributed by atoms with E-state index in [2.05, 4.69) is 15.2 Å². The van der Waals surface area contributed by atoms with E-state index in [1.165, 1.54) is 7.11 Å². The molecule has 13 heavy (non-hydrogen) atoms. The Balaban J connectivity index is 2.82. The number of ether oxygens (including phenoxy) is 1. The van der Waals surface area contributed by atoms with E-state index in [0.717, 1.165) is 0 Å². The molecule has 2 aromatic rings. The van der Waals surface area contributed by atoms with E-state index in [9.17, 15) is 4.79 Å². The number of hydrogen-bond donors (Lipinski definition) is 1. The summed E-state index contributed by atoms with van der Waals surface area (Å²) in [7, 11) is 1.50. The highest BCUT2D eigenvalue weighted by atomic mass is 16.5. The molecule has 0 saturated carbocycles. The van der Waals surface area contributed by atoms with Crippen molar-refractivity contribution in [1.82, 2.24) is 15.2 Å². The number of nitrogens with one attached hydrogen (secondary N) is 1. The van der Waals surface area contributed by atoms with E-state index >= 15 is 0 Å². The molecule has 5 heteroatoms. The van der Waals surface area contributed by atoms with Crippen molar-refractivity contribution in [2.24, 2.45) is 0 Å². The highest BCUT2D eigenvalue weighted by Gasteiger charge is 2.01. The largest absolute Gasteiger partial charge is 0.481 e. The van der Waals surface area contributed by atoms with Crippen LogP contribution in [0.5, 0.6) is 5.88 Å². The quantitative estimate of drug-likeness (QED) is 0.681. The summed E-state index contributed by atoms with van der Waals surface area (Å²) in [6, 6.07) is 3.42. The molecule has 0 spiro atoms. The van der Waals surface area contributed by atoms with Gasteiger partial charge in [-0.05, 0) is 6.07 Å². The van der Waals surface area contributed by atoms with Gasteiger partial charge in [-0.3, -0.25) is 4.79 Å². The minimum Gasteiger partial charge on any atom is -0.481 e. The molecule has 0 atom stereocenters. The Kier molecular flexibility index (Phi) is 1.70. The Labute approximate surface area is 73.4 Å². The van der Waals surface area contributed by atoms with Crippen molar-refractivity contribution in [1.29, 1.82) is 0 Å². The van der Waals surface area contributed by atoms with Crippen LogP contribution >= 0.6 is 0 Å². The van der Waals surface area contributed by atoms with Crippen molar-refractivity contribution in [3.8, 4) is 5.88 Å². The van der Waals surface area contributed by atoms with E-state index in [1.807, 2.05) is 0 Å². The summed E-state index contributed by atoms with van der Waals surface area (Å²) in [4.78, 5) is 15.2. The van der Waals surface area contributed by atoms with E-state index in [1.54, 1.807) is 18.3 Å². The summed E-state index contributed by atoms with van der Waals surface area (Å²) < 4.78 is 4.89. The predicted octanol–water partition coefficient (Wildman–Crippen LogP) is 0.327. The molecule has 0 aliphatic rings. The van der Waals surface area contributed by atoms with Crippen molar-refractivity contribution >= 4 is 10.9 Å². The molecular formula is C8H7N3O2. The van der Waals surface area contributed by atoms with Crippen LogP contribution in [0.1, 0.15) is 0 Å². The maximum Gasteiger partial charge on any atom is 0.290 e. The number of aromatic amines is 1. The molecule has 0 fully saturated rings. The predicted molar refractivity (Wildman–Crippen MR) is 46.7 cm³/mol. The molecule has 0 unspecified atom stereocenters. The first-order valence-corrected chi connectivity index (χ1v) is 3.69. The van der Waals surface area contributed by atoms with E-state index in [0.29, 0.717) is 16.8 Å². The number of fused-ring (bicyclic) bond motifs is 1. The van der Waals surface area contributed by atoms with Crippen molar-refractivity contribution in [3.05, 3.63) is 28.7 Å². The maximum absolute atomic E-state index is 11.2. The fraction of sp³-hybridized carbons (Fsp3) is 0.125. The van der Waals surface area contributed by atoms with Gasteiger partial charge in [0.1, 0.15) is 5.52 Å². The van der Waals surface area contributed by atoms with Gasteiger partial charge in [0.2, 0.25) is 5.88 Å². The Morgan fingerprint density at radius 2 is 2.31 bits per heavy atom. The second kappa shape index (κ2) is 2.85. The number of rotatable bonds is 1. The van der Waals surface area contributed by atoms with Gasteiger partial charge in [0.15, 0.2) is 0 Å². The van der Waals surface area contributed by atoms with Gasteiger partial charge in [-0.2, -0.15) is 5.10 Å². The van der Waals surface area contributed by atoms with Gasteiger partial charge >= 0.3 is 0 Å². The lowest BCUT2D eigenvalue weighted by molar-refractivity contribution is 0.399. The average Bonchev–Trinajstić information content (AvgIpc) is 2.18. The number of methoxy groups -OCH3 is 1. The van der Waals surface area contributed by atoms with Crippen LogP contribution in [0.15, 0.2) is 23.1 Å². The molecule has 2 aromatic heterocycles. The van der Waals surface area contributed by atoms with E-state index in [4.69, 9.17) is 4.74 Å². The number of hydrogen-bond acceptors (Lipinski definition) is 4. The molecule has 0 radical (unpaired) electrons. The van der Waals surface area contributed by atoms with Gasteiger partial charge in [-0.25, -0.2) is 10.1 Å². The third-order valence-electron chi connectivity index (χ3n) is 1.69. The molecule has 66 valence electrons. The fourth-order valence-electron chi connectivity index (χ4n) is 1.07. The van der Waals surface area contributed by atoms with Crippen LogP contribution in [0.2, 0.25) is 0 Å². The van der Waals surface area contributed by atoms with Gasteiger partial charge in [-0.15, -0.1) is 0 Å². The second-order valence-corrected chi connectivity index (χ2v) is 2.49. The maximum atomic E-state index is 11.2. The zero-order chi connectivity index (χ0) is 9.26. The van der Waals surface area contributed by atoms with Crippen molar-refractivity contribution < 1.29 is 4.74 Å². The Bertz CT molecular complexity index is 492. The van der Waals surface area contributed by atoms with Crippen LogP contribution in [-0.4, -0.2) is 22.3 Å². The zero-order valence-corrected chi connectivity index (χ0v) is 6.94. The Hall–Kier alpha value is -1.91. The molecule has 1 N–H and O–H groups in total. The standard InChI is InChI=1S/C8H7N3O2/c1-13-6-3-2-5-4-9-11-8(12)7(5)10-6/h2-4H,1H3,(H,11,12). The minimum atomic E-state index is -0.309. The summed E-state index contributed by atoms with van der Waals surface area (Å²) in [6.45, 7) is 0. The molecular weight excluding hydrogens is 170 g/mol. The summed E-state index contributed by atoms with van der Waals surface area (Å²) in [5.41, 5.74) is 0.0331. The normalized spacial score (nSPS) is 10.2. The molecule has 0 amide bonds. The Morgan fingerprint density at radius 3 is 3.08 bits per heavy atom. The van der Waals surface area contributed by atoms with Crippen molar-refractivity contribution in [2.75, 3.05) is 7.11 Å². The van der Waals surface area contributed by atoms with Crippen LogP contribution < -0.4 is 10.3 Å². The summed E-state index contributed by atoms with van der Waals surface area (Å²) >= 11 is 0. The highest BCUT2D eigenvalue weighted by molar-refractivity contribution is 5.76. The SMILES string of the molecule is COc1ccc2cn[nH]c(=O)c2n1. The van der Waals surface area contributed by atoms with Gasteiger partial charge in [0.05, 0.1) is 13.3 Å². The third-order valence-corrected chi connectivity index (χ3v) is 1.69. The van der Waals surface area contributed by atoms with Gasteiger partial charge in [0.25, 0.3) is 5.56 Å². The monoisotopic (exact) mass is 177 g/mol. The van der Waals surface area contributed by atoms with Crippen LogP contribution in [0, 0.1) is 0 Å². The Morgan fingerprint density at radius 1 is 1.46 bits per heavy atom. The smallest absolute Gasteiger partial charge is 0.290 e. The zero-order valence-electron chi connectivity index (χ0n) is 6.94. The lowest BCUT2D eigenvalue weighted by Crippen LogP contribution is -2.09. The summed E-state index contributed by atoms with van der Waals surface area (Å²) in [5, 5.41) is 6.65. The third kappa shape index (κ3) is 1.24. The average molecular weight is 177 g/mol. The molecule has 2 heterocycles. The number of aromatic nitrogens is 3. The topological polar surface area (TPSA) is 67.9 Å². The van der Waals surface area contributed by atoms with E-state index < -0.39 is 0 Å². The first-order valence-electron chi connectivity index (χ1n) is 3.69. The molecule has 5 nitrogen and oxygen atoms in total. The molecule has 0 bridgehead atoms. The summed E-state index contributed by atoms with van der Waals surface area (Å²) in [6.07, 6.45) is 1.54. The number of nitrogens with zero attached hydrogens (tertiary/aromatic N) is 2. The van der Waals surface area contributed by atoms with Crippen LogP contribution in [-0.2, 0) is 0 Å². The molecule has 2 rings (SSSR count). The first kappa shape index (κ1) is 7.72. The minimum absolute atomic E-state index is 0.309. The number of H-pyrrole nitrogens is 1. The summed E-state index contributed by atoms with van der Waals surface area (Å²) in [5.74, 6) is 0.421. The van der Waals surface area contributed by atoms with Gasteiger partial charge < -0.3 is 4.74 Å². The van der Waals surface area contributed by atoms with Gasteiger partial charge in [0, 0.05) is 11.5 Å². The van der Waals surface area contributed by atoms with Crippen LogP contribution in [0.25, 0.3) is 10.9 Å². The molecule has 0 aromatic carbocycles. The van der Waals surface area contributed by atoms with Crippen LogP contribution in [0.3, 0.4) is 0 Å². The van der Waals surface area contributed by atoms with E-state index in [-0.39, 0.29) is 5.56 Å². The second-order valence-electron chi connectivity index (χ2n) is 2.49. The van der Waals surface area contributed by atoms with Crippen molar-refractivity contribution in [3.63, 3.8) is 0 Å². The highest BCUT2D eigenvalue weighted by Crippen LogP contribution is 2.10. The fourth-order valence-corrected chi connectivity index (χ4v) is 1.07. The first-order chi connectivity index (χ1) is 6.31. The van der Waals surface area contributed by atoms with Crippen LogP contribution in [0.4, 0.5) is 0 Å². The molecule has 0 aliphatic carbocycles. The van der Waals surface area contributed by atoms with Crippen molar-refractivity contribution in [2.45, 2.75) is 0 Å². The van der Waals surface area contributed by atoms with Gasteiger partial charge in [-0.1, -0.05) is 0 Å². The number of pyridine rings is 1. The lowest BCUT2D eigenvalue weighted by Gasteiger charge is -1.98. The molecule has 0 saturated heterocycles. The molecule has 0 aliphatic heterocycles.